The summed E-state index contributed by atoms with van der Waals surface area (Å²) in [5, 5.41) is 11.6. The molecule has 3 saturated carbocycles. The van der Waals surface area contributed by atoms with Crippen LogP contribution in [0.1, 0.15) is 86.0 Å². The Labute approximate surface area is 170 Å². The van der Waals surface area contributed by atoms with Crippen LogP contribution in [0.4, 0.5) is 0 Å². The minimum atomic E-state index is -0.438. The van der Waals surface area contributed by atoms with Crippen molar-refractivity contribution in [3.63, 3.8) is 0 Å². The van der Waals surface area contributed by atoms with Gasteiger partial charge >= 0.3 is 5.97 Å². The predicted octanol–water partition coefficient (Wildman–Crippen LogP) is 5.27. The minimum Gasteiger partial charge on any atom is -0.458 e. The van der Waals surface area contributed by atoms with E-state index >= 15 is 0 Å². The molecular formula is C25H38O3. The first-order valence-electron chi connectivity index (χ1n) is 11.6. The number of fused-ring (bicyclic) bond motifs is 6. The lowest BCUT2D eigenvalue weighted by molar-refractivity contribution is -0.217. The van der Waals surface area contributed by atoms with Crippen molar-refractivity contribution in [2.24, 2.45) is 39.4 Å². The van der Waals surface area contributed by atoms with E-state index in [9.17, 15) is 9.90 Å². The average molecular weight is 387 g/mol. The van der Waals surface area contributed by atoms with Gasteiger partial charge in [-0.2, -0.15) is 0 Å². The maximum atomic E-state index is 12.7. The van der Waals surface area contributed by atoms with Crippen molar-refractivity contribution in [1.29, 1.82) is 0 Å². The predicted molar refractivity (Wildman–Crippen MR) is 109 cm³/mol. The number of aliphatic hydroxyl groups is 1. The Morgan fingerprint density at radius 2 is 1.64 bits per heavy atom. The summed E-state index contributed by atoms with van der Waals surface area (Å²) in [5.41, 5.74) is 2.50. The average Bonchev–Trinajstić information content (AvgIpc) is 2.99. The molecule has 3 nitrogen and oxygen atoms in total. The van der Waals surface area contributed by atoms with E-state index in [1.165, 1.54) is 37.7 Å². The quantitative estimate of drug-likeness (QED) is 0.577. The molecule has 0 aromatic carbocycles. The van der Waals surface area contributed by atoms with E-state index in [4.69, 9.17) is 4.74 Å². The minimum absolute atomic E-state index is 0.151. The summed E-state index contributed by atoms with van der Waals surface area (Å²) in [6.07, 6.45) is 8.97. The molecule has 3 fully saturated rings. The second-order valence-corrected chi connectivity index (χ2v) is 12.2. The molecule has 4 aliphatic carbocycles. The normalized spacial score (nSPS) is 52.3. The topological polar surface area (TPSA) is 46.5 Å². The van der Waals surface area contributed by atoms with Crippen molar-refractivity contribution in [2.75, 3.05) is 6.61 Å². The van der Waals surface area contributed by atoms with Gasteiger partial charge in [0.15, 0.2) is 0 Å². The van der Waals surface area contributed by atoms with Crippen LogP contribution in [0.5, 0.6) is 0 Å². The summed E-state index contributed by atoms with van der Waals surface area (Å²) in [6.45, 7) is 12.7. The molecule has 5 rings (SSSR count). The highest BCUT2D eigenvalue weighted by atomic mass is 16.5. The Hall–Kier alpha value is -0.830. The third kappa shape index (κ3) is 2.13. The van der Waals surface area contributed by atoms with Crippen LogP contribution < -0.4 is 0 Å². The molecule has 0 amide bonds. The van der Waals surface area contributed by atoms with Crippen LogP contribution in [0.25, 0.3) is 0 Å². The second kappa shape index (κ2) is 5.65. The zero-order valence-corrected chi connectivity index (χ0v) is 18.4. The van der Waals surface area contributed by atoms with Gasteiger partial charge in [0.05, 0.1) is 6.10 Å². The van der Waals surface area contributed by atoms with E-state index in [2.05, 4.69) is 34.6 Å². The standard InChI is InChI=1S/C25H38O3/c1-22(2)10-6-11-23(3)16(22)9-12-24(4)17-8-7-15-14-28-21(27)20(15)25(17,5)19(26)13-18(23)24/h16-19,26H,6-14H2,1-5H3/t16-,17-,18-,19+,23-,24-,25+/m0/s1. The number of ether oxygens (including phenoxy) is 1. The number of cyclic esters (lactones) is 1. The van der Waals surface area contributed by atoms with Crippen LogP contribution in [-0.4, -0.2) is 23.8 Å². The number of aliphatic hydroxyl groups excluding tert-OH is 1. The molecule has 1 aliphatic heterocycles. The fourth-order valence-electron chi connectivity index (χ4n) is 9.56. The number of rotatable bonds is 0. The lowest BCUT2D eigenvalue weighted by atomic mass is 9.35. The van der Waals surface area contributed by atoms with Gasteiger partial charge in [-0.05, 0) is 84.5 Å². The maximum absolute atomic E-state index is 12.7. The molecule has 0 aromatic heterocycles. The van der Waals surface area contributed by atoms with Crippen LogP contribution in [0, 0.1) is 39.4 Å². The number of hydrogen-bond acceptors (Lipinski definition) is 3. The largest absolute Gasteiger partial charge is 0.458 e. The molecule has 156 valence electrons. The Morgan fingerprint density at radius 1 is 0.929 bits per heavy atom. The molecule has 0 bridgehead atoms. The molecule has 0 aromatic rings. The molecule has 0 unspecified atom stereocenters. The molecular weight excluding hydrogens is 348 g/mol. The van der Waals surface area contributed by atoms with Crippen molar-refractivity contribution in [3.05, 3.63) is 11.1 Å². The first kappa shape index (κ1) is 19.2. The Kier molecular flexibility index (Phi) is 3.86. The summed E-state index contributed by atoms with van der Waals surface area (Å²) < 4.78 is 5.44. The lowest BCUT2D eigenvalue weighted by Crippen LogP contribution is -2.65. The molecule has 5 aliphatic rings. The van der Waals surface area contributed by atoms with Crippen LogP contribution in [-0.2, 0) is 9.53 Å². The maximum Gasteiger partial charge on any atom is 0.335 e. The third-order valence-corrected chi connectivity index (χ3v) is 10.7. The number of esters is 1. The SMILES string of the molecule is CC1(C)CCC[C@]2(C)[C@@H]3C[C@@H](O)[C@]4(C)C5=C(CC[C@H]4[C@]3(C)CC[C@@H]12)COC5=O. The Morgan fingerprint density at radius 3 is 2.39 bits per heavy atom. The van der Waals surface area contributed by atoms with Crippen molar-refractivity contribution in [2.45, 2.75) is 92.1 Å². The van der Waals surface area contributed by atoms with Crippen molar-refractivity contribution >= 4 is 5.97 Å². The fraction of sp³-hybridized carbons (Fsp3) is 0.880. The molecule has 3 heteroatoms. The van der Waals surface area contributed by atoms with E-state index < -0.39 is 11.5 Å². The Bertz CT molecular complexity index is 751. The lowest BCUT2D eigenvalue weighted by Gasteiger charge is -2.69. The molecule has 0 saturated heterocycles. The van der Waals surface area contributed by atoms with E-state index in [-0.39, 0.29) is 11.4 Å². The number of hydrogen-bond donors (Lipinski definition) is 1. The molecule has 0 radical (unpaired) electrons. The number of carbonyl (C=O) groups is 1. The highest BCUT2D eigenvalue weighted by Crippen LogP contribution is 2.73. The third-order valence-electron chi connectivity index (χ3n) is 10.7. The van der Waals surface area contributed by atoms with Crippen LogP contribution >= 0.6 is 0 Å². The summed E-state index contributed by atoms with van der Waals surface area (Å²) in [6, 6.07) is 0. The highest BCUT2D eigenvalue weighted by Gasteiger charge is 2.68. The van der Waals surface area contributed by atoms with E-state index in [1.807, 2.05) is 0 Å². The molecule has 1 N–H and O–H groups in total. The van der Waals surface area contributed by atoms with Crippen LogP contribution in [0.3, 0.4) is 0 Å². The summed E-state index contributed by atoms with van der Waals surface area (Å²) in [5.74, 6) is 1.52. The summed E-state index contributed by atoms with van der Waals surface area (Å²) >= 11 is 0. The van der Waals surface area contributed by atoms with Gasteiger partial charge in [-0.25, -0.2) is 4.79 Å². The molecule has 1 heterocycles. The van der Waals surface area contributed by atoms with Crippen LogP contribution in [0.15, 0.2) is 11.1 Å². The Balaban J connectivity index is 1.60. The summed E-state index contributed by atoms with van der Waals surface area (Å²) in [4.78, 5) is 12.7. The van der Waals surface area contributed by atoms with E-state index in [1.54, 1.807) is 0 Å². The first-order chi connectivity index (χ1) is 13.0. The van der Waals surface area contributed by atoms with Gasteiger partial charge in [0.1, 0.15) is 6.61 Å². The highest BCUT2D eigenvalue weighted by molar-refractivity contribution is 5.93. The van der Waals surface area contributed by atoms with Gasteiger partial charge in [0.2, 0.25) is 0 Å². The van der Waals surface area contributed by atoms with Gasteiger partial charge in [-0.3, -0.25) is 0 Å². The van der Waals surface area contributed by atoms with Crippen LogP contribution in [0.2, 0.25) is 0 Å². The van der Waals surface area contributed by atoms with E-state index in [0.717, 1.165) is 30.8 Å². The first-order valence-corrected chi connectivity index (χ1v) is 11.6. The van der Waals surface area contributed by atoms with Gasteiger partial charge in [-0.15, -0.1) is 0 Å². The van der Waals surface area contributed by atoms with Crippen molar-refractivity contribution in [1.82, 2.24) is 0 Å². The van der Waals surface area contributed by atoms with Gasteiger partial charge in [0.25, 0.3) is 0 Å². The zero-order valence-electron chi connectivity index (χ0n) is 18.4. The molecule has 7 atom stereocenters. The van der Waals surface area contributed by atoms with Gasteiger partial charge < -0.3 is 9.84 Å². The molecule has 28 heavy (non-hydrogen) atoms. The van der Waals surface area contributed by atoms with Crippen molar-refractivity contribution < 1.29 is 14.6 Å². The molecule has 0 spiro atoms. The second-order valence-electron chi connectivity index (χ2n) is 12.2. The van der Waals surface area contributed by atoms with Gasteiger partial charge in [-0.1, -0.05) is 41.0 Å². The zero-order chi connectivity index (χ0) is 20.1. The van der Waals surface area contributed by atoms with Crippen molar-refractivity contribution in [3.8, 4) is 0 Å². The van der Waals surface area contributed by atoms with E-state index in [0.29, 0.717) is 29.3 Å². The number of carbonyl (C=O) groups excluding carboxylic acids is 1. The van der Waals surface area contributed by atoms with Gasteiger partial charge in [0, 0.05) is 11.0 Å². The fourth-order valence-corrected chi connectivity index (χ4v) is 9.56. The smallest absolute Gasteiger partial charge is 0.335 e. The summed E-state index contributed by atoms with van der Waals surface area (Å²) in [7, 11) is 0. The monoisotopic (exact) mass is 386 g/mol.